The zero-order valence-electron chi connectivity index (χ0n) is 17.5. The van der Waals surface area contributed by atoms with Gasteiger partial charge in [0.15, 0.2) is 0 Å². The highest BCUT2D eigenvalue weighted by Gasteiger charge is 2.54. The number of hydrogen-bond donors (Lipinski definition) is 1. The maximum atomic E-state index is 14.5. The molecule has 160 valence electrons. The predicted molar refractivity (Wildman–Crippen MR) is 114 cm³/mol. The second-order valence-electron chi connectivity index (χ2n) is 9.77. The normalized spacial score (nSPS) is 30.5. The Morgan fingerprint density at radius 2 is 1.90 bits per heavy atom. The highest BCUT2D eigenvalue weighted by molar-refractivity contribution is 6.33. The molecule has 4 bridgehead atoms. The molecule has 1 amide bonds. The number of benzene rings is 1. The number of aromatic nitrogens is 1. The van der Waals surface area contributed by atoms with Gasteiger partial charge in [0.2, 0.25) is 0 Å². The van der Waals surface area contributed by atoms with Gasteiger partial charge in [-0.25, -0.2) is 4.39 Å². The first-order valence-corrected chi connectivity index (χ1v) is 11.5. The fourth-order valence-electron chi connectivity index (χ4n) is 7.06. The maximum Gasteiger partial charge on any atom is 0.257 e. The molecule has 4 nitrogen and oxygen atoms in total. The number of halogens is 2. The van der Waals surface area contributed by atoms with Crippen LogP contribution in [0.25, 0.3) is 11.3 Å². The van der Waals surface area contributed by atoms with E-state index in [1.165, 1.54) is 50.7 Å². The lowest BCUT2D eigenvalue weighted by atomic mass is 9.47. The summed E-state index contributed by atoms with van der Waals surface area (Å²) in [4.78, 5) is 13.4. The van der Waals surface area contributed by atoms with Gasteiger partial charge >= 0.3 is 0 Å². The molecule has 0 saturated heterocycles. The van der Waals surface area contributed by atoms with Crippen LogP contribution in [0.4, 0.5) is 4.39 Å². The van der Waals surface area contributed by atoms with E-state index in [2.05, 4.69) is 17.4 Å². The van der Waals surface area contributed by atoms with Crippen LogP contribution in [0.3, 0.4) is 0 Å². The summed E-state index contributed by atoms with van der Waals surface area (Å²) in [5, 5.41) is 7.52. The third-order valence-electron chi connectivity index (χ3n) is 7.83. The van der Waals surface area contributed by atoms with E-state index in [1.54, 1.807) is 13.0 Å². The van der Waals surface area contributed by atoms with E-state index < -0.39 is 5.82 Å². The summed E-state index contributed by atoms with van der Waals surface area (Å²) in [7, 11) is 0. The molecule has 0 unspecified atom stereocenters. The van der Waals surface area contributed by atoms with Crippen LogP contribution in [0.15, 0.2) is 22.7 Å². The second-order valence-corrected chi connectivity index (χ2v) is 10.2. The van der Waals surface area contributed by atoms with E-state index in [9.17, 15) is 9.18 Å². The number of aryl methyl sites for hydroxylation is 1. The van der Waals surface area contributed by atoms with E-state index in [0.717, 1.165) is 24.2 Å². The minimum atomic E-state index is -0.516. The molecule has 6 rings (SSSR count). The molecular formula is C24H28ClFN2O2. The Balaban J connectivity index is 1.45. The number of carbonyl (C=O) groups excluding carboxylic acids is 1. The van der Waals surface area contributed by atoms with Gasteiger partial charge in [0, 0.05) is 6.04 Å². The number of amides is 1. The lowest BCUT2D eigenvalue weighted by Gasteiger charge is -2.59. The Morgan fingerprint density at radius 3 is 2.47 bits per heavy atom. The van der Waals surface area contributed by atoms with Gasteiger partial charge < -0.3 is 9.84 Å². The van der Waals surface area contributed by atoms with E-state index in [0.29, 0.717) is 5.76 Å². The van der Waals surface area contributed by atoms with Gasteiger partial charge in [-0.2, -0.15) is 0 Å². The standard InChI is InChI=1S/C24H28ClFN2O2/c1-3-19(24-10-14-7-15(11-24)9-16(8-14)12-24)27-23(29)20-13(2)30-28-22(20)21-17(25)5-4-6-18(21)26/h4-6,14-16,19H,3,7-12H2,1-2H3,(H,27,29)/t14?,15?,16?,19-,24?/m0/s1. The number of nitrogens with zero attached hydrogens (tertiary/aromatic N) is 1. The van der Waals surface area contributed by atoms with Crippen molar-refractivity contribution in [3.05, 3.63) is 40.4 Å². The Morgan fingerprint density at radius 1 is 1.27 bits per heavy atom. The van der Waals surface area contributed by atoms with Crippen molar-refractivity contribution < 1.29 is 13.7 Å². The molecular weight excluding hydrogens is 403 g/mol. The summed E-state index contributed by atoms with van der Waals surface area (Å²) in [5.74, 6) is 2.05. The monoisotopic (exact) mass is 430 g/mol. The Labute approximate surface area is 181 Å². The Bertz CT molecular complexity index is 930. The van der Waals surface area contributed by atoms with Gasteiger partial charge in [0.05, 0.1) is 10.6 Å². The first-order chi connectivity index (χ1) is 14.4. The van der Waals surface area contributed by atoms with E-state index >= 15 is 0 Å². The highest BCUT2D eigenvalue weighted by atomic mass is 35.5. The van der Waals surface area contributed by atoms with E-state index in [1.807, 2.05) is 0 Å². The molecule has 1 N–H and O–H groups in total. The fraction of sp³-hybridized carbons (Fsp3) is 0.583. The van der Waals surface area contributed by atoms with E-state index in [-0.39, 0.29) is 39.2 Å². The molecule has 4 saturated carbocycles. The number of hydrogen-bond acceptors (Lipinski definition) is 3. The largest absolute Gasteiger partial charge is 0.360 e. The Kier molecular flexibility index (Phi) is 4.92. The molecule has 6 heteroatoms. The van der Waals surface area contributed by atoms with Crippen molar-refractivity contribution in [2.75, 3.05) is 0 Å². The van der Waals surface area contributed by atoms with Crippen molar-refractivity contribution in [3.8, 4) is 11.3 Å². The van der Waals surface area contributed by atoms with Crippen molar-refractivity contribution in [1.82, 2.24) is 10.5 Å². The molecule has 30 heavy (non-hydrogen) atoms. The summed E-state index contributed by atoms with van der Waals surface area (Å²) in [6.45, 7) is 3.84. The first kappa shape index (κ1) is 20.0. The third kappa shape index (κ3) is 3.17. The van der Waals surface area contributed by atoms with Gasteiger partial charge in [0.25, 0.3) is 5.91 Å². The topological polar surface area (TPSA) is 55.1 Å². The molecule has 2 aromatic rings. The number of carbonyl (C=O) groups is 1. The second kappa shape index (κ2) is 7.37. The number of rotatable bonds is 5. The molecule has 0 spiro atoms. The number of nitrogens with one attached hydrogen (secondary N) is 1. The van der Waals surface area contributed by atoms with Crippen molar-refractivity contribution in [2.45, 2.75) is 64.8 Å². The summed E-state index contributed by atoms with van der Waals surface area (Å²) in [5.41, 5.74) is 0.766. The summed E-state index contributed by atoms with van der Waals surface area (Å²) in [6.07, 6.45) is 8.63. The lowest BCUT2D eigenvalue weighted by Crippen LogP contribution is -2.56. The van der Waals surface area contributed by atoms with Crippen LogP contribution >= 0.6 is 11.6 Å². The highest BCUT2D eigenvalue weighted by Crippen LogP contribution is 2.61. The predicted octanol–water partition coefficient (Wildman–Crippen LogP) is 6.17. The summed E-state index contributed by atoms with van der Waals surface area (Å²) in [6, 6.07) is 4.55. The van der Waals surface area contributed by atoms with Gasteiger partial charge in [0.1, 0.15) is 22.8 Å². The van der Waals surface area contributed by atoms with Crippen molar-refractivity contribution >= 4 is 17.5 Å². The molecule has 4 fully saturated rings. The molecule has 4 aliphatic rings. The molecule has 0 aliphatic heterocycles. The van der Waals surface area contributed by atoms with E-state index in [4.69, 9.17) is 16.1 Å². The molecule has 1 heterocycles. The van der Waals surface area contributed by atoms with Crippen molar-refractivity contribution in [3.63, 3.8) is 0 Å². The van der Waals surface area contributed by atoms with Crippen LogP contribution in [0.1, 0.15) is 68.0 Å². The Hall–Kier alpha value is -1.88. The maximum absolute atomic E-state index is 14.5. The zero-order valence-corrected chi connectivity index (χ0v) is 18.3. The average molecular weight is 431 g/mol. The minimum absolute atomic E-state index is 0.108. The van der Waals surface area contributed by atoms with Crippen LogP contribution in [-0.2, 0) is 0 Å². The lowest BCUT2D eigenvalue weighted by molar-refractivity contribution is -0.0727. The van der Waals surface area contributed by atoms with Gasteiger partial charge in [-0.15, -0.1) is 0 Å². The summed E-state index contributed by atoms with van der Waals surface area (Å²) >= 11 is 6.24. The average Bonchev–Trinajstić information content (AvgIpc) is 3.06. The first-order valence-electron chi connectivity index (χ1n) is 11.1. The zero-order chi connectivity index (χ0) is 21.0. The summed E-state index contributed by atoms with van der Waals surface area (Å²) < 4.78 is 19.8. The molecule has 1 aromatic heterocycles. The fourth-order valence-corrected chi connectivity index (χ4v) is 7.31. The van der Waals surface area contributed by atoms with Gasteiger partial charge in [-0.3, -0.25) is 4.79 Å². The minimum Gasteiger partial charge on any atom is -0.360 e. The van der Waals surface area contributed by atoms with Crippen LogP contribution in [0.5, 0.6) is 0 Å². The van der Waals surface area contributed by atoms with Gasteiger partial charge in [-0.1, -0.05) is 29.7 Å². The van der Waals surface area contributed by atoms with Gasteiger partial charge in [-0.05, 0) is 87.2 Å². The molecule has 0 radical (unpaired) electrons. The van der Waals surface area contributed by atoms with Crippen LogP contribution in [-0.4, -0.2) is 17.1 Å². The van der Waals surface area contributed by atoms with Crippen molar-refractivity contribution in [1.29, 1.82) is 0 Å². The molecule has 4 aliphatic carbocycles. The van der Waals surface area contributed by atoms with Crippen LogP contribution in [0.2, 0.25) is 5.02 Å². The van der Waals surface area contributed by atoms with Crippen LogP contribution < -0.4 is 5.32 Å². The quantitative estimate of drug-likeness (QED) is 0.617. The molecule has 1 atom stereocenters. The third-order valence-corrected chi connectivity index (χ3v) is 8.14. The SMILES string of the molecule is CC[C@H](NC(=O)c1c(-c2c(F)cccc2Cl)noc1C)C12CC3CC(CC(C3)C1)C2. The molecule has 1 aromatic carbocycles. The van der Waals surface area contributed by atoms with Crippen LogP contribution in [0, 0.1) is 35.9 Å². The smallest absolute Gasteiger partial charge is 0.257 e. The van der Waals surface area contributed by atoms with Crippen molar-refractivity contribution in [2.24, 2.45) is 23.2 Å².